The number of nitrogens with zero attached hydrogens (tertiary/aromatic N) is 2. The van der Waals surface area contributed by atoms with Gasteiger partial charge in [0, 0.05) is 18.0 Å². The maximum atomic E-state index is 10.1. The normalized spacial score (nSPS) is 9.92. The quantitative estimate of drug-likeness (QED) is 0.213. The Morgan fingerprint density at radius 1 is 1.67 bits per heavy atom. The van der Waals surface area contributed by atoms with Crippen LogP contribution in [0.2, 0.25) is 0 Å². The number of hydrogen-bond donors (Lipinski definition) is 1. The Balaban J connectivity index is 4.18. The van der Waals surface area contributed by atoms with Gasteiger partial charge < -0.3 is 5.11 Å². The van der Waals surface area contributed by atoms with Gasteiger partial charge in [0.2, 0.25) is 0 Å². The van der Waals surface area contributed by atoms with Crippen molar-refractivity contribution >= 4 is 34.3 Å². The highest BCUT2D eigenvalue weighted by molar-refractivity contribution is 14.1. The summed E-state index contributed by atoms with van der Waals surface area (Å²) in [4.78, 5) is 10.1. The van der Waals surface area contributed by atoms with E-state index in [-0.39, 0.29) is 0 Å². The first-order chi connectivity index (χ1) is 5.56. The molecular weight excluding hydrogens is 271 g/mol. The molecule has 0 saturated heterocycles. The summed E-state index contributed by atoms with van der Waals surface area (Å²) in [5, 5.41) is 13.9. The van der Waals surface area contributed by atoms with Crippen molar-refractivity contribution in [1.82, 2.24) is 5.01 Å². The summed E-state index contributed by atoms with van der Waals surface area (Å²) in [6.07, 6.45) is 2.49. The number of hydrogen-bond acceptors (Lipinski definition) is 3. The minimum Gasteiger partial charge on any atom is -0.478 e. The second-order valence-electron chi connectivity index (χ2n) is 2.26. The summed E-state index contributed by atoms with van der Waals surface area (Å²) in [6.45, 7) is 3.71. The molecule has 0 aliphatic rings. The van der Waals surface area contributed by atoms with Crippen molar-refractivity contribution in [3.8, 4) is 0 Å². The third kappa shape index (κ3) is 6.14. The van der Waals surface area contributed by atoms with Crippen LogP contribution in [0.15, 0.2) is 17.4 Å². The van der Waals surface area contributed by atoms with Crippen LogP contribution in [0, 0.1) is 0 Å². The molecule has 12 heavy (non-hydrogen) atoms. The molecule has 0 aliphatic heterocycles. The Labute approximate surface area is 85.1 Å². The van der Waals surface area contributed by atoms with E-state index in [1.807, 2.05) is 13.8 Å². The predicted octanol–water partition coefficient (Wildman–Crippen LogP) is 1.68. The van der Waals surface area contributed by atoms with E-state index >= 15 is 0 Å². The number of halogens is 1. The van der Waals surface area contributed by atoms with Gasteiger partial charge in [0.1, 0.15) is 0 Å². The Hall–Kier alpha value is -0.590. The number of carboxylic acids is 1. The lowest BCUT2D eigenvalue weighted by molar-refractivity contribution is -0.131. The largest absolute Gasteiger partial charge is 0.478 e. The number of aliphatic carboxylic acids is 1. The summed E-state index contributed by atoms with van der Waals surface area (Å²) in [7, 11) is 0. The van der Waals surface area contributed by atoms with Gasteiger partial charge in [-0.1, -0.05) is 22.6 Å². The van der Waals surface area contributed by atoms with Crippen molar-refractivity contribution in [2.45, 2.75) is 13.8 Å². The van der Waals surface area contributed by atoms with Crippen LogP contribution in [0.25, 0.3) is 0 Å². The first kappa shape index (κ1) is 11.4. The maximum absolute atomic E-state index is 10.1. The molecule has 0 aromatic carbocycles. The summed E-state index contributed by atoms with van der Waals surface area (Å²) < 4.78 is 0.632. The first-order valence-electron chi connectivity index (χ1n) is 3.32. The molecule has 4 nitrogen and oxygen atoms in total. The summed E-state index contributed by atoms with van der Waals surface area (Å²) >= 11 is 2.10. The van der Waals surface area contributed by atoms with Gasteiger partial charge in [-0.15, -0.1) is 0 Å². The van der Waals surface area contributed by atoms with Crippen LogP contribution in [0.4, 0.5) is 0 Å². The van der Waals surface area contributed by atoms with Crippen LogP contribution in [-0.4, -0.2) is 26.3 Å². The van der Waals surface area contributed by atoms with Gasteiger partial charge in [-0.25, -0.2) is 4.79 Å². The van der Waals surface area contributed by atoms with Gasteiger partial charge in [-0.3, -0.25) is 5.01 Å². The topological polar surface area (TPSA) is 52.9 Å². The third-order valence-electron chi connectivity index (χ3n) is 0.840. The SMILES string of the molecule is CC(C)=NN(C=CC(=O)O)CI. The van der Waals surface area contributed by atoms with Crippen LogP contribution in [0.3, 0.4) is 0 Å². The van der Waals surface area contributed by atoms with Crippen LogP contribution in [0.1, 0.15) is 13.8 Å². The number of rotatable bonds is 4. The van der Waals surface area contributed by atoms with Crippen molar-refractivity contribution in [3.05, 3.63) is 12.3 Å². The van der Waals surface area contributed by atoms with E-state index in [4.69, 9.17) is 5.11 Å². The molecule has 1 N–H and O–H groups in total. The van der Waals surface area contributed by atoms with Crippen molar-refractivity contribution in [1.29, 1.82) is 0 Å². The minimum atomic E-state index is -0.964. The molecular formula is C7H11IN2O2. The second kappa shape index (κ2) is 5.99. The highest BCUT2D eigenvalue weighted by atomic mass is 127. The van der Waals surface area contributed by atoms with Gasteiger partial charge in [0.25, 0.3) is 0 Å². The molecule has 0 rings (SSSR count). The summed E-state index contributed by atoms with van der Waals surface area (Å²) in [5.41, 5.74) is 0.890. The number of carboxylic acid groups (broad SMARTS) is 1. The van der Waals surface area contributed by atoms with Gasteiger partial charge in [-0.2, -0.15) is 5.10 Å². The molecule has 0 heterocycles. The van der Waals surface area contributed by atoms with Crippen LogP contribution >= 0.6 is 22.6 Å². The van der Waals surface area contributed by atoms with Gasteiger partial charge in [-0.05, 0) is 13.8 Å². The smallest absolute Gasteiger partial charge is 0.329 e. The minimum absolute atomic E-state index is 0.632. The highest BCUT2D eigenvalue weighted by Gasteiger charge is 1.93. The monoisotopic (exact) mass is 282 g/mol. The maximum Gasteiger partial charge on any atom is 0.329 e. The Kier molecular flexibility index (Phi) is 5.69. The Morgan fingerprint density at radius 2 is 2.25 bits per heavy atom. The van der Waals surface area contributed by atoms with Gasteiger partial charge in [0.15, 0.2) is 0 Å². The van der Waals surface area contributed by atoms with E-state index in [2.05, 4.69) is 27.7 Å². The Morgan fingerprint density at radius 3 is 2.58 bits per heavy atom. The fraction of sp³-hybridized carbons (Fsp3) is 0.429. The fourth-order valence-corrected chi connectivity index (χ4v) is 0.887. The molecule has 0 saturated carbocycles. The fourth-order valence-electron chi connectivity index (χ4n) is 0.507. The zero-order valence-corrected chi connectivity index (χ0v) is 9.15. The standard InChI is InChI=1S/C7H11IN2O2/c1-6(2)9-10(5-8)4-3-7(11)12/h3-4H,5H2,1-2H3,(H,11,12). The van der Waals surface area contributed by atoms with Crippen molar-refractivity contribution in [2.24, 2.45) is 5.10 Å². The molecule has 0 aromatic rings. The average Bonchev–Trinajstić information content (AvgIpc) is 1.97. The molecule has 0 unspecified atom stereocenters. The highest BCUT2D eigenvalue weighted by Crippen LogP contribution is 1.97. The predicted molar refractivity (Wildman–Crippen MR) is 56.3 cm³/mol. The van der Waals surface area contributed by atoms with Crippen LogP contribution in [0.5, 0.6) is 0 Å². The van der Waals surface area contributed by atoms with E-state index in [9.17, 15) is 4.79 Å². The number of hydrazone groups is 1. The molecule has 5 heteroatoms. The van der Waals surface area contributed by atoms with Crippen molar-refractivity contribution in [2.75, 3.05) is 4.55 Å². The third-order valence-corrected chi connectivity index (χ3v) is 1.54. The molecule has 0 aliphatic carbocycles. The van der Waals surface area contributed by atoms with Crippen LogP contribution < -0.4 is 0 Å². The average molecular weight is 282 g/mol. The lowest BCUT2D eigenvalue weighted by atomic mass is 10.5. The summed E-state index contributed by atoms with van der Waals surface area (Å²) in [5.74, 6) is -0.964. The van der Waals surface area contributed by atoms with E-state index in [0.717, 1.165) is 11.8 Å². The molecule has 0 radical (unpaired) electrons. The van der Waals surface area contributed by atoms with E-state index < -0.39 is 5.97 Å². The molecule has 0 amide bonds. The number of alkyl halides is 1. The summed E-state index contributed by atoms with van der Waals surface area (Å²) in [6, 6.07) is 0. The first-order valence-corrected chi connectivity index (χ1v) is 4.84. The molecule has 0 aromatic heterocycles. The molecule has 0 fully saturated rings. The molecule has 0 spiro atoms. The second-order valence-corrected chi connectivity index (χ2v) is 2.94. The lowest BCUT2D eigenvalue weighted by Crippen LogP contribution is -2.09. The zero-order chi connectivity index (χ0) is 9.56. The Bertz CT molecular complexity index is 209. The molecule has 0 bridgehead atoms. The zero-order valence-electron chi connectivity index (χ0n) is 6.99. The van der Waals surface area contributed by atoms with Gasteiger partial charge in [0.05, 0.1) is 4.55 Å². The van der Waals surface area contributed by atoms with Crippen molar-refractivity contribution < 1.29 is 9.90 Å². The van der Waals surface area contributed by atoms with Gasteiger partial charge >= 0.3 is 5.97 Å². The van der Waals surface area contributed by atoms with E-state index in [1.165, 1.54) is 6.20 Å². The number of carbonyl (C=O) groups is 1. The lowest BCUT2D eigenvalue weighted by Gasteiger charge is -2.09. The van der Waals surface area contributed by atoms with Crippen molar-refractivity contribution in [3.63, 3.8) is 0 Å². The van der Waals surface area contributed by atoms with E-state index in [1.54, 1.807) is 5.01 Å². The van der Waals surface area contributed by atoms with E-state index in [0.29, 0.717) is 4.55 Å². The molecule has 0 atom stereocenters. The molecule has 68 valence electrons. The van der Waals surface area contributed by atoms with Crippen LogP contribution in [-0.2, 0) is 4.79 Å².